The summed E-state index contributed by atoms with van der Waals surface area (Å²) in [5.41, 5.74) is 3.00. The fraction of sp³-hybridized carbons (Fsp3) is 0.600. The molecule has 0 saturated carbocycles. The lowest BCUT2D eigenvalue weighted by molar-refractivity contribution is -0.154. The standard InChI is InChI=1S/C10H16N2O4/c1-9(2,3)16-7(13)6-4-5-12-10(6,11)8(14)15/h4,12H,5,11H2,1-3H3,(H,14,15). The smallest absolute Gasteiger partial charge is 0.343 e. The number of aliphatic carboxylic acids is 1. The number of ether oxygens (including phenoxy) is 1. The molecule has 0 aromatic heterocycles. The third-order valence-electron chi connectivity index (χ3n) is 2.07. The van der Waals surface area contributed by atoms with Crippen molar-refractivity contribution < 1.29 is 19.4 Å². The first-order chi connectivity index (χ1) is 7.17. The van der Waals surface area contributed by atoms with E-state index in [2.05, 4.69) is 5.32 Å². The van der Waals surface area contributed by atoms with Crippen LogP contribution in [0.15, 0.2) is 11.6 Å². The summed E-state index contributed by atoms with van der Waals surface area (Å²) in [5, 5.41) is 11.5. The lowest BCUT2D eigenvalue weighted by Gasteiger charge is -2.25. The number of carboxylic acid groups (broad SMARTS) is 1. The molecule has 0 aromatic rings. The van der Waals surface area contributed by atoms with Crippen LogP contribution in [-0.2, 0) is 14.3 Å². The van der Waals surface area contributed by atoms with Gasteiger partial charge in [-0.15, -0.1) is 0 Å². The molecule has 4 N–H and O–H groups in total. The van der Waals surface area contributed by atoms with Gasteiger partial charge in [0.05, 0.1) is 5.57 Å². The maximum Gasteiger partial charge on any atom is 0.343 e. The predicted molar refractivity (Wildman–Crippen MR) is 56.5 cm³/mol. The van der Waals surface area contributed by atoms with E-state index in [0.29, 0.717) is 0 Å². The molecule has 90 valence electrons. The Balaban J connectivity index is 2.89. The van der Waals surface area contributed by atoms with Gasteiger partial charge in [-0.2, -0.15) is 0 Å². The first-order valence-electron chi connectivity index (χ1n) is 4.88. The van der Waals surface area contributed by atoms with Gasteiger partial charge in [0, 0.05) is 6.54 Å². The zero-order valence-electron chi connectivity index (χ0n) is 9.53. The summed E-state index contributed by atoms with van der Waals surface area (Å²) in [6.45, 7) is 5.34. The molecule has 1 aliphatic rings. The average Bonchev–Trinajstić information content (AvgIpc) is 2.45. The lowest BCUT2D eigenvalue weighted by atomic mass is 10.0. The summed E-state index contributed by atoms with van der Waals surface area (Å²) >= 11 is 0. The van der Waals surface area contributed by atoms with Crippen LogP contribution in [0.2, 0.25) is 0 Å². The molecule has 1 unspecified atom stereocenters. The first kappa shape index (κ1) is 12.7. The van der Waals surface area contributed by atoms with E-state index in [9.17, 15) is 9.59 Å². The Hall–Kier alpha value is -1.40. The number of nitrogens with two attached hydrogens (primary N) is 1. The van der Waals surface area contributed by atoms with Crippen LogP contribution in [-0.4, -0.2) is 34.9 Å². The Labute approximate surface area is 93.4 Å². The highest BCUT2D eigenvalue weighted by atomic mass is 16.6. The predicted octanol–water partition coefficient (Wildman–Crippen LogP) is -0.403. The number of hydrogen-bond acceptors (Lipinski definition) is 5. The summed E-state index contributed by atoms with van der Waals surface area (Å²) in [7, 11) is 0. The molecule has 0 spiro atoms. The molecule has 0 aromatic carbocycles. The molecular weight excluding hydrogens is 212 g/mol. The summed E-state index contributed by atoms with van der Waals surface area (Å²) in [4.78, 5) is 22.7. The second-order valence-electron chi connectivity index (χ2n) is 4.61. The molecule has 1 heterocycles. The summed E-state index contributed by atoms with van der Waals surface area (Å²) in [6, 6.07) is 0. The fourth-order valence-electron chi connectivity index (χ4n) is 1.34. The average molecular weight is 228 g/mol. The Bertz CT molecular complexity index is 356. The summed E-state index contributed by atoms with van der Waals surface area (Å²) in [6.07, 6.45) is 1.43. The molecule has 0 radical (unpaired) electrons. The molecule has 1 aliphatic heterocycles. The van der Waals surface area contributed by atoms with E-state index in [-0.39, 0.29) is 12.1 Å². The molecule has 0 aliphatic carbocycles. The van der Waals surface area contributed by atoms with Gasteiger partial charge in [0.15, 0.2) is 5.66 Å². The van der Waals surface area contributed by atoms with E-state index < -0.39 is 23.2 Å². The Kier molecular flexibility index (Phi) is 3.07. The number of carbonyl (C=O) groups excluding carboxylic acids is 1. The molecule has 1 atom stereocenters. The molecule has 6 nitrogen and oxygen atoms in total. The topological polar surface area (TPSA) is 102 Å². The highest BCUT2D eigenvalue weighted by Gasteiger charge is 2.45. The van der Waals surface area contributed by atoms with Gasteiger partial charge in [0.2, 0.25) is 0 Å². The fourth-order valence-corrected chi connectivity index (χ4v) is 1.34. The van der Waals surface area contributed by atoms with Crippen LogP contribution < -0.4 is 11.1 Å². The van der Waals surface area contributed by atoms with Crippen molar-refractivity contribution >= 4 is 11.9 Å². The van der Waals surface area contributed by atoms with E-state index in [1.54, 1.807) is 20.8 Å². The van der Waals surface area contributed by atoms with E-state index in [1.807, 2.05) is 0 Å². The molecule has 0 bridgehead atoms. The van der Waals surface area contributed by atoms with Crippen molar-refractivity contribution in [1.29, 1.82) is 0 Å². The van der Waals surface area contributed by atoms with Crippen molar-refractivity contribution in [3.63, 3.8) is 0 Å². The maximum atomic E-state index is 11.7. The number of carbonyl (C=O) groups is 2. The second-order valence-corrected chi connectivity index (χ2v) is 4.61. The van der Waals surface area contributed by atoms with Gasteiger partial charge in [-0.05, 0) is 20.8 Å². The van der Waals surface area contributed by atoms with Crippen LogP contribution in [0.1, 0.15) is 20.8 Å². The summed E-state index contributed by atoms with van der Waals surface area (Å²) in [5.74, 6) is -2.01. The summed E-state index contributed by atoms with van der Waals surface area (Å²) < 4.78 is 5.08. The van der Waals surface area contributed by atoms with Gasteiger partial charge < -0.3 is 9.84 Å². The van der Waals surface area contributed by atoms with Crippen LogP contribution in [0, 0.1) is 0 Å². The van der Waals surface area contributed by atoms with E-state index in [0.717, 1.165) is 0 Å². The van der Waals surface area contributed by atoms with E-state index in [1.165, 1.54) is 6.08 Å². The third kappa shape index (κ3) is 2.40. The van der Waals surface area contributed by atoms with Crippen LogP contribution in [0.5, 0.6) is 0 Å². The van der Waals surface area contributed by atoms with Crippen LogP contribution in [0.3, 0.4) is 0 Å². The Morgan fingerprint density at radius 1 is 1.56 bits per heavy atom. The second kappa shape index (κ2) is 3.88. The zero-order chi connectivity index (χ0) is 12.6. The molecule has 16 heavy (non-hydrogen) atoms. The molecular formula is C10H16N2O4. The Morgan fingerprint density at radius 2 is 2.12 bits per heavy atom. The lowest BCUT2D eigenvalue weighted by Crippen LogP contribution is -2.59. The van der Waals surface area contributed by atoms with E-state index in [4.69, 9.17) is 15.6 Å². The minimum absolute atomic E-state index is 0.0603. The maximum absolute atomic E-state index is 11.7. The largest absolute Gasteiger partial charge is 0.479 e. The van der Waals surface area contributed by atoms with Gasteiger partial charge in [-0.3, -0.25) is 11.1 Å². The van der Waals surface area contributed by atoms with Crippen molar-refractivity contribution in [2.24, 2.45) is 5.73 Å². The quantitative estimate of drug-likeness (QED) is 0.556. The molecule has 0 amide bonds. The van der Waals surface area contributed by atoms with Crippen molar-refractivity contribution in [3.05, 3.63) is 11.6 Å². The number of rotatable bonds is 2. The van der Waals surface area contributed by atoms with Gasteiger partial charge in [0.1, 0.15) is 5.60 Å². The molecule has 0 fully saturated rings. The number of carboxylic acids is 1. The van der Waals surface area contributed by atoms with Crippen molar-refractivity contribution in [2.75, 3.05) is 6.54 Å². The van der Waals surface area contributed by atoms with Gasteiger partial charge in [-0.1, -0.05) is 6.08 Å². The minimum Gasteiger partial charge on any atom is -0.479 e. The van der Waals surface area contributed by atoms with Crippen LogP contribution in [0.4, 0.5) is 0 Å². The molecule has 1 rings (SSSR count). The molecule has 0 saturated heterocycles. The van der Waals surface area contributed by atoms with Gasteiger partial charge in [-0.25, -0.2) is 9.59 Å². The van der Waals surface area contributed by atoms with Gasteiger partial charge in [0.25, 0.3) is 0 Å². The van der Waals surface area contributed by atoms with Crippen LogP contribution >= 0.6 is 0 Å². The highest BCUT2D eigenvalue weighted by molar-refractivity contribution is 6.01. The third-order valence-corrected chi connectivity index (χ3v) is 2.07. The van der Waals surface area contributed by atoms with Crippen molar-refractivity contribution in [1.82, 2.24) is 5.32 Å². The number of hydrogen-bond donors (Lipinski definition) is 3. The van der Waals surface area contributed by atoms with Crippen molar-refractivity contribution in [3.8, 4) is 0 Å². The Morgan fingerprint density at radius 3 is 2.56 bits per heavy atom. The van der Waals surface area contributed by atoms with Crippen LogP contribution in [0.25, 0.3) is 0 Å². The minimum atomic E-state index is -1.84. The molecule has 6 heteroatoms. The van der Waals surface area contributed by atoms with E-state index >= 15 is 0 Å². The van der Waals surface area contributed by atoms with Crippen molar-refractivity contribution in [2.45, 2.75) is 32.0 Å². The first-order valence-corrected chi connectivity index (χ1v) is 4.88. The SMILES string of the molecule is CC(C)(C)OC(=O)C1=CCNC1(N)C(=O)O. The van der Waals surface area contributed by atoms with Gasteiger partial charge >= 0.3 is 11.9 Å². The zero-order valence-corrected chi connectivity index (χ0v) is 9.53. The monoisotopic (exact) mass is 228 g/mol. The number of esters is 1. The number of nitrogens with one attached hydrogen (secondary N) is 1. The normalized spacial score (nSPS) is 25.1. The highest BCUT2D eigenvalue weighted by Crippen LogP contribution is 2.21.